The summed E-state index contributed by atoms with van der Waals surface area (Å²) < 4.78 is 4.95. The van der Waals surface area contributed by atoms with Crippen molar-refractivity contribution in [2.24, 2.45) is 0 Å². The normalized spacial score (nSPS) is 11.9. The van der Waals surface area contributed by atoms with E-state index in [0.717, 1.165) is 0 Å². The van der Waals surface area contributed by atoms with Crippen LogP contribution in [0.2, 0.25) is 0 Å². The lowest BCUT2D eigenvalue weighted by atomic mass is 10.1. The number of aromatic carboxylic acids is 2. The van der Waals surface area contributed by atoms with E-state index in [9.17, 15) is 19.2 Å². The summed E-state index contributed by atoms with van der Waals surface area (Å²) in [6, 6.07) is 5.48. The van der Waals surface area contributed by atoms with Crippen molar-refractivity contribution >= 4 is 23.9 Å². The Balaban J connectivity index is 0. The van der Waals surface area contributed by atoms with E-state index in [0.29, 0.717) is 18.8 Å². The fourth-order valence-corrected chi connectivity index (χ4v) is 1.35. The van der Waals surface area contributed by atoms with Gasteiger partial charge in [-0.2, -0.15) is 0 Å². The fourth-order valence-electron chi connectivity index (χ4n) is 1.35. The van der Waals surface area contributed by atoms with E-state index in [-0.39, 0.29) is 23.8 Å². The number of aliphatic hydroxyl groups excluding tert-OH is 2. The van der Waals surface area contributed by atoms with Crippen molar-refractivity contribution in [3.8, 4) is 0 Å². The summed E-state index contributed by atoms with van der Waals surface area (Å²) in [5.41, 5.74) is -0.380. The molecule has 0 saturated heterocycles. The summed E-state index contributed by atoms with van der Waals surface area (Å²) in [5, 5.41) is 49.9. The first-order valence-corrected chi connectivity index (χ1v) is 8.02. The Bertz CT molecular complexity index is 646. The number of benzene rings is 1. The molecule has 0 bridgehead atoms. The monoisotopic (exact) mass is 416 g/mol. The van der Waals surface area contributed by atoms with Crippen LogP contribution in [0.15, 0.2) is 36.4 Å². The standard InChI is InChI=1S/C8H6O4.C6H14O3.C4H4O4/c9-7(10)5-3-1-2-4-6(5)8(11)12;1-5(8)4-9-6(2)3-7;5-3(6)1-2-4(7)8/h1-4H,(H,9,10)(H,11,12);5-8H,3-4H2,1-2H3;1-2H,(H,5,6)(H,7,8)/b;;2-1-. The van der Waals surface area contributed by atoms with Crippen LogP contribution in [0.25, 0.3) is 0 Å². The van der Waals surface area contributed by atoms with E-state index in [1.165, 1.54) is 24.3 Å². The van der Waals surface area contributed by atoms with E-state index in [4.69, 9.17) is 35.4 Å². The molecule has 162 valence electrons. The second-order valence-corrected chi connectivity index (χ2v) is 5.34. The number of hydrogen-bond acceptors (Lipinski definition) is 7. The molecule has 0 saturated carbocycles. The van der Waals surface area contributed by atoms with Crippen LogP contribution in [0, 0.1) is 0 Å². The average Bonchev–Trinajstić information content (AvgIpc) is 2.65. The first-order chi connectivity index (χ1) is 13.4. The second kappa shape index (κ2) is 15.7. The van der Waals surface area contributed by atoms with Gasteiger partial charge in [0.25, 0.3) is 0 Å². The Kier molecular flexibility index (Phi) is 15.2. The van der Waals surface area contributed by atoms with Gasteiger partial charge in [-0.15, -0.1) is 0 Å². The highest BCUT2D eigenvalue weighted by atomic mass is 16.5. The maximum absolute atomic E-state index is 10.5. The summed E-state index contributed by atoms with van der Waals surface area (Å²) >= 11 is 0. The van der Waals surface area contributed by atoms with Crippen LogP contribution in [0.4, 0.5) is 0 Å². The number of hydrogen-bond donors (Lipinski definition) is 6. The molecule has 0 amide bonds. The van der Waals surface area contributed by atoms with Crippen LogP contribution >= 0.6 is 0 Å². The maximum atomic E-state index is 10.5. The molecule has 11 nitrogen and oxygen atoms in total. The van der Waals surface area contributed by atoms with Crippen molar-refractivity contribution in [2.45, 2.75) is 26.1 Å². The van der Waals surface area contributed by atoms with Gasteiger partial charge in [-0.3, -0.25) is 0 Å². The summed E-state index contributed by atoms with van der Waals surface area (Å²) in [6.45, 7) is 3.70. The van der Waals surface area contributed by atoms with E-state index >= 15 is 0 Å². The first kappa shape index (κ1) is 27.9. The first-order valence-electron chi connectivity index (χ1n) is 8.02. The Morgan fingerprint density at radius 2 is 1.28 bits per heavy atom. The quantitative estimate of drug-likeness (QED) is 0.323. The predicted octanol–water partition coefficient (Wildman–Crippen LogP) is 0.559. The number of ether oxygens (including phenoxy) is 1. The largest absolute Gasteiger partial charge is 0.478 e. The van der Waals surface area contributed by atoms with Crippen molar-refractivity contribution in [1.29, 1.82) is 0 Å². The fraction of sp³-hybridized carbons (Fsp3) is 0.333. The molecule has 0 fully saturated rings. The molecule has 2 unspecified atom stereocenters. The number of carboxylic acid groups (broad SMARTS) is 4. The van der Waals surface area contributed by atoms with Crippen molar-refractivity contribution in [3.63, 3.8) is 0 Å². The van der Waals surface area contributed by atoms with Gasteiger partial charge in [0, 0.05) is 12.2 Å². The van der Waals surface area contributed by atoms with E-state index in [2.05, 4.69) is 0 Å². The summed E-state index contributed by atoms with van der Waals surface area (Å²) in [4.78, 5) is 40.0. The molecule has 0 radical (unpaired) electrons. The number of aliphatic carboxylic acids is 2. The lowest BCUT2D eigenvalue weighted by Crippen LogP contribution is -2.19. The van der Waals surface area contributed by atoms with Gasteiger partial charge in [-0.1, -0.05) is 12.1 Å². The topological polar surface area (TPSA) is 199 Å². The third-order valence-corrected chi connectivity index (χ3v) is 2.64. The number of carbonyl (C=O) groups is 4. The molecule has 0 aromatic heterocycles. The number of aliphatic hydroxyl groups is 2. The zero-order valence-electron chi connectivity index (χ0n) is 15.8. The molecule has 0 aliphatic carbocycles. The Morgan fingerprint density at radius 3 is 1.52 bits per heavy atom. The molecule has 0 spiro atoms. The molecule has 1 aromatic rings. The molecule has 0 aliphatic rings. The lowest BCUT2D eigenvalue weighted by molar-refractivity contribution is -0.134. The molecule has 29 heavy (non-hydrogen) atoms. The molecule has 0 aliphatic heterocycles. The molecular formula is C18H24O11. The minimum atomic E-state index is -1.26. The van der Waals surface area contributed by atoms with Gasteiger partial charge < -0.3 is 35.4 Å². The van der Waals surface area contributed by atoms with Gasteiger partial charge in [0.05, 0.1) is 36.5 Å². The zero-order valence-corrected chi connectivity index (χ0v) is 15.8. The minimum Gasteiger partial charge on any atom is -0.478 e. The van der Waals surface area contributed by atoms with Gasteiger partial charge in [0.1, 0.15) is 0 Å². The number of carboxylic acids is 4. The summed E-state index contributed by atoms with van der Waals surface area (Å²) in [7, 11) is 0. The van der Waals surface area contributed by atoms with Gasteiger partial charge >= 0.3 is 23.9 Å². The van der Waals surface area contributed by atoms with Crippen LogP contribution in [0.5, 0.6) is 0 Å². The molecule has 6 N–H and O–H groups in total. The molecule has 2 atom stereocenters. The van der Waals surface area contributed by atoms with E-state index in [1.54, 1.807) is 13.8 Å². The van der Waals surface area contributed by atoms with Crippen LogP contribution in [0.3, 0.4) is 0 Å². The van der Waals surface area contributed by atoms with E-state index < -0.39 is 30.0 Å². The molecule has 0 heterocycles. The number of rotatable bonds is 8. The highest BCUT2D eigenvalue weighted by Gasteiger charge is 2.13. The minimum absolute atomic E-state index is 0.00667. The third-order valence-electron chi connectivity index (χ3n) is 2.64. The molecular weight excluding hydrogens is 392 g/mol. The van der Waals surface area contributed by atoms with Crippen LogP contribution in [0.1, 0.15) is 34.6 Å². The molecule has 1 aromatic carbocycles. The van der Waals surface area contributed by atoms with Crippen LogP contribution in [-0.4, -0.2) is 79.9 Å². The summed E-state index contributed by atoms with van der Waals surface area (Å²) in [5.74, 6) is -4.97. The predicted molar refractivity (Wildman–Crippen MR) is 99.0 cm³/mol. The van der Waals surface area contributed by atoms with Crippen molar-refractivity contribution in [2.75, 3.05) is 13.2 Å². The Hall–Kier alpha value is -3.28. The molecule has 1 rings (SSSR count). The SMILES string of the molecule is CC(O)COC(C)CO.O=C(O)/C=C\C(=O)O.O=C(O)c1ccccc1C(=O)O. The van der Waals surface area contributed by atoms with E-state index in [1.807, 2.05) is 0 Å². The van der Waals surface area contributed by atoms with Gasteiger partial charge in [0.2, 0.25) is 0 Å². The van der Waals surface area contributed by atoms with Crippen LogP contribution in [-0.2, 0) is 14.3 Å². The van der Waals surface area contributed by atoms with Crippen LogP contribution < -0.4 is 0 Å². The van der Waals surface area contributed by atoms with Crippen molar-refractivity contribution in [1.82, 2.24) is 0 Å². The maximum Gasteiger partial charge on any atom is 0.336 e. The smallest absolute Gasteiger partial charge is 0.336 e. The van der Waals surface area contributed by atoms with Gasteiger partial charge in [-0.25, -0.2) is 19.2 Å². The van der Waals surface area contributed by atoms with Crippen molar-refractivity contribution < 1.29 is 54.6 Å². The van der Waals surface area contributed by atoms with Gasteiger partial charge in [0.15, 0.2) is 0 Å². The third kappa shape index (κ3) is 16.6. The van der Waals surface area contributed by atoms with Crippen molar-refractivity contribution in [3.05, 3.63) is 47.5 Å². The highest BCUT2D eigenvalue weighted by Crippen LogP contribution is 2.07. The Labute approximate surface area is 166 Å². The lowest BCUT2D eigenvalue weighted by Gasteiger charge is -2.10. The average molecular weight is 416 g/mol. The second-order valence-electron chi connectivity index (χ2n) is 5.34. The molecule has 11 heteroatoms. The summed E-state index contributed by atoms with van der Waals surface area (Å²) in [6.07, 6.45) is 0.503. The Morgan fingerprint density at radius 1 is 0.897 bits per heavy atom. The zero-order chi connectivity index (χ0) is 23.0. The van der Waals surface area contributed by atoms with Gasteiger partial charge in [-0.05, 0) is 26.0 Å². The highest BCUT2D eigenvalue weighted by molar-refractivity contribution is 6.01.